The van der Waals surface area contributed by atoms with Crippen molar-refractivity contribution in [3.63, 3.8) is 0 Å². The predicted molar refractivity (Wildman–Crippen MR) is 108 cm³/mol. The van der Waals surface area contributed by atoms with Crippen LogP contribution in [0.3, 0.4) is 0 Å². The molecule has 4 rings (SSSR count). The summed E-state index contributed by atoms with van der Waals surface area (Å²) in [5.74, 6) is 0.818. The number of hydrogen-bond donors (Lipinski definition) is 0. The average Bonchev–Trinajstić information content (AvgIpc) is 2.90. The van der Waals surface area contributed by atoms with Crippen LogP contribution in [0.4, 0.5) is 0 Å². The van der Waals surface area contributed by atoms with Crippen molar-refractivity contribution < 1.29 is 23.8 Å². The van der Waals surface area contributed by atoms with Crippen LogP contribution in [0.25, 0.3) is 0 Å². The predicted octanol–water partition coefficient (Wildman–Crippen LogP) is 5.07. The van der Waals surface area contributed by atoms with E-state index in [0.29, 0.717) is 16.7 Å². The number of fused-ring (bicyclic) bond motifs is 5. The molecule has 3 saturated carbocycles. The van der Waals surface area contributed by atoms with Gasteiger partial charge >= 0.3 is 11.9 Å². The second kappa shape index (κ2) is 6.96. The van der Waals surface area contributed by atoms with Crippen LogP contribution >= 0.6 is 0 Å². The Morgan fingerprint density at radius 2 is 1.45 bits per heavy atom. The van der Waals surface area contributed by atoms with E-state index in [2.05, 4.69) is 27.7 Å². The lowest BCUT2D eigenvalue weighted by Crippen LogP contribution is -2.60. The van der Waals surface area contributed by atoms with Gasteiger partial charge in [0.05, 0.1) is 0 Å². The highest BCUT2D eigenvalue weighted by atomic mass is 16.8. The highest BCUT2D eigenvalue weighted by molar-refractivity contribution is 5.66. The molecule has 4 aliphatic rings. The zero-order valence-corrected chi connectivity index (χ0v) is 19.0. The lowest BCUT2D eigenvalue weighted by atomic mass is 9.39. The molecule has 1 saturated heterocycles. The Bertz CT molecular complexity index is 687. The number of rotatable bonds is 2. The van der Waals surface area contributed by atoms with Crippen molar-refractivity contribution in [3.05, 3.63) is 0 Å². The zero-order chi connectivity index (χ0) is 21.2. The SMILES string of the molecule is CC(=O)O[C@@H]1O[C@H](OC(C)=O)[C@@H]2[C@H]1CC[C@H]1[C@@]2(C)CCC2C(C)(C)CCC[C@@]21C. The maximum Gasteiger partial charge on any atom is 0.304 e. The summed E-state index contributed by atoms with van der Waals surface area (Å²) < 4.78 is 17.3. The summed E-state index contributed by atoms with van der Waals surface area (Å²) in [5.41, 5.74) is 0.712. The lowest BCUT2D eigenvalue weighted by molar-refractivity contribution is -0.224. The second-order valence-electron chi connectivity index (χ2n) is 11.4. The Morgan fingerprint density at radius 1 is 0.793 bits per heavy atom. The topological polar surface area (TPSA) is 61.8 Å². The van der Waals surface area contributed by atoms with Gasteiger partial charge in [-0.15, -0.1) is 0 Å². The van der Waals surface area contributed by atoms with Crippen LogP contribution < -0.4 is 0 Å². The molecule has 3 aliphatic carbocycles. The number of esters is 2. The maximum atomic E-state index is 11.8. The molecular weight excluding hydrogens is 368 g/mol. The summed E-state index contributed by atoms with van der Waals surface area (Å²) in [4.78, 5) is 23.5. The van der Waals surface area contributed by atoms with Crippen LogP contribution in [0.2, 0.25) is 0 Å². The molecule has 0 aromatic rings. The Kier molecular flexibility index (Phi) is 5.08. The molecule has 0 amide bonds. The zero-order valence-electron chi connectivity index (χ0n) is 19.0. The lowest BCUT2D eigenvalue weighted by Gasteiger charge is -2.66. The van der Waals surface area contributed by atoms with Crippen LogP contribution in [0, 0.1) is 39.9 Å². The average molecular weight is 407 g/mol. The Balaban J connectivity index is 1.70. The van der Waals surface area contributed by atoms with E-state index in [1.54, 1.807) is 0 Å². The maximum absolute atomic E-state index is 11.8. The molecule has 5 heteroatoms. The Morgan fingerprint density at radius 3 is 2.10 bits per heavy atom. The first-order chi connectivity index (χ1) is 13.5. The summed E-state index contributed by atoms with van der Waals surface area (Å²) >= 11 is 0. The fraction of sp³-hybridized carbons (Fsp3) is 0.917. The largest absolute Gasteiger partial charge is 0.435 e. The minimum absolute atomic E-state index is 0.0244. The van der Waals surface area contributed by atoms with Crippen LogP contribution in [0.1, 0.15) is 86.5 Å². The van der Waals surface area contributed by atoms with Gasteiger partial charge in [0.2, 0.25) is 12.6 Å². The standard InChI is InChI=1S/C24H38O5/c1-14(25)27-20-16-8-9-18-23(5)12-7-11-22(3,4)17(23)10-13-24(18,6)19(16)21(29-20)28-15(2)26/h16-21H,7-13H2,1-6H3/t16-,17?,18-,19+,20-,21+,23+,24-/m1/s1. The van der Waals surface area contributed by atoms with Crippen molar-refractivity contribution in [2.24, 2.45) is 39.9 Å². The third-order valence-corrected chi connectivity index (χ3v) is 9.33. The van der Waals surface area contributed by atoms with Crippen molar-refractivity contribution in [1.29, 1.82) is 0 Å². The monoisotopic (exact) mass is 406 g/mol. The molecule has 0 bridgehead atoms. The van der Waals surface area contributed by atoms with Crippen molar-refractivity contribution in [3.8, 4) is 0 Å². The molecule has 5 nitrogen and oxygen atoms in total. The summed E-state index contributed by atoms with van der Waals surface area (Å²) in [7, 11) is 0. The molecule has 1 unspecified atom stereocenters. The molecule has 0 radical (unpaired) electrons. The molecule has 8 atom stereocenters. The Labute approximate surface area is 175 Å². The fourth-order valence-electron chi connectivity index (χ4n) is 8.45. The van der Waals surface area contributed by atoms with Crippen LogP contribution in [-0.2, 0) is 23.8 Å². The van der Waals surface area contributed by atoms with Gasteiger partial charge < -0.3 is 14.2 Å². The van der Waals surface area contributed by atoms with Gasteiger partial charge in [0.15, 0.2) is 0 Å². The third kappa shape index (κ3) is 3.23. The van der Waals surface area contributed by atoms with Crippen molar-refractivity contribution in [1.82, 2.24) is 0 Å². The molecular formula is C24H38O5. The van der Waals surface area contributed by atoms with Gasteiger partial charge in [0.25, 0.3) is 0 Å². The molecule has 0 aromatic heterocycles. The van der Waals surface area contributed by atoms with E-state index in [1.165, 1.54) is 39.5 Å². The normalized spacial score (nSPS) is 48.1. The highest BCUT2D eigenvalue weighted by Crippen LogP contribution is 2.70. The Hall–Kier alpha value is -1.10. The number of carbonyl (C=O) groups excluding carboxylic acids is 2. The number of ether oxygens (including phenoxy) is 3. The van der Waals surface area contributed by atoms with E-state index in [-0.39, 0.29) is 29.2 Å². The van der Waals surface area contributed by atoms with Gasteiger partial charge in [0, 0.05) is 25.7 Å². The van der Waals surface area contributed by atoms with Gasteiger partial charge in [-0.3, -0.25) is 9.59 Å². The van der Waals surface area contributed by atoms with Crippen LogP contribution in [0.15, 0.2) is 0 Å². The van der Waals surface area contributed by atoms with Crippen molar-refractivity contribution >= 4 is 11.9 Å². The molecule has 1 heterocycles. The third-order valence-electron chi connectivity index (χ3n) is 9.33. The fourth-order valence-corrected chi connectivity index (χ4v) is 8.45. The van der Waals surface area contributed by atoms with E-state index in [0.717, 1.165) is 25.2 Å². The van der Waals surface area contributed by atoms with E-state index in [9.17, 15) is 9.59 Å². The van der Waals surface area contributed by atoms with Gasteiger partial charge in [-0.2, -0.15) is 0 Å². The van der Waals surface area contributed by atoms with Crippen LogP contribution in [0.5, 0.6) is 0 Å². The first-order valence-corrected chi connectivity index (χ1v) is 11.5. The quantitative estimate of drug-likeness (QED) is 0.599. The van der Waals surface area contributed by atoms with E-state index >= 15 is 0 Å². The van der Waals surface area contributed by atoms with Crippen LogP contribution in [-0.4, -0.2) is 24.5 Å². The minimum Gasteiger partial charge on any atom is -0.435 e. The smallest absolute Gasteiger partial charge is 0.304 e. The summed E-state index contributed by atoms with van der Waals surface area (Å²) in [5, 5.41) is 0. The molecule has 4 fully saturated rings. The minimum atomic E-state index is -0.619. The van der Waals surface area contributed by atoms with Gasteiger partial charge in [0.1, 0.15) is 0 Å². The first-order valence-electron chi connectivity index (χ1n) is 11.5. The summed E-state index contributed by atoms with van der Waals surface area (Å²) in [6.45, 7) is 12.7. The van der Waals surface area contributed by atoms with Gasteiger partial charge in [-0.1, -0.05) is 34.1 Å². The second-order valence-corrected chi connectivity index (χ2v) is 11.4. The van der Waals surface area contributed by atoms with Crippen molar-refractivity contribution in [2.45, 2.75) is 99.1 Å². The van der Waals surface area contributed by atoms with Crippen molar-refractivity contribution in [2.75, 3.05) is 0 Å². The molecule has 0 spiro atoms. The van der Waals surface area contributed by atoms with E-state index in [4.69, 9.17) is 14.2 Å². The molecule has 1 aliphatic heterocycles. The highest BCUT2D eigenvalue weighted by Gasteiger charge is 2.67. The molecule has 29 heavy (non-hydrogen) atoms. The molecule has 0 aromatic carbocycles. The van der Waals surface area contributed by atoms with E-state index in [1.807, 2.05) is 0 Å². The molecule has 164 valence electrons. The summed E-state index contributed by atoms with van der Waals surface area (Å²) in [6.07, 6.45) is 7.10. The molecule has 0 N–H and O–H groups in total. The van der Waals surface area contributed by atoms with E-state index < -0.39 is 12.6 Å². The van der Waals surface area contributed by atoms with Gasteiger partial charge in [-0.05, 0) is 66.6 Å². The van der Waals surface area contributed by atoms with Gasteiger partial charge in [-0.25, -0.2) is 0 Å². The number of hydrogen-bond acceptors (Lipinski definition) is 5. The summed E-state index contributed by atoms with van der Waals surface area (Å²) in [6, 6.07) is 0. The number of carbonyl (C=O) groups is 2. The first kappa shape index (κ1) is 21.1.